The largest absolute Gasteiger partial charge is 0.507 e. The summed E-state index contributed by atoms with van der Waals surface area (Å²) in [6, 6.07) is 34.2. The van der Waals surface area contributed by atoms with E-state index < -0.39 is 0 Å². The van der Waals surface area contributed by atoms with Crippen molar-refractivity contribution in [2.75, 3.05) is 10.6 Å². The minimum atomic E-state index is -0.268. The van der Waals surface area contributed by atoms with Gasteiger partial charge >= 0.3 is 0 Å². The minimum absolute atomic E-state index is 0. The van der Waals surface area contributed by atoms with Gasteiger partial charge in [0, 0.05) is 67.1 Å². The number of nitrogens with one attached hydrogen (secondary N) is 2. The van der Waals surface area contributed by atoms with Crippen LogP contribution in [0.1, 0.15) is 31.8 Å². The first-order valence-corrected chi connectivity index (χ1v) is 13.0. The van der Waals surface area contributed by atoms with E-state index >= 15 is 0 Å². The molecule has 0 bridgehead atoms. The van der Waals surface area contributed by atoms with Crippen LogP contribution in [0.15, 0.2) is 131 Å². The summed E-state index contributed by atoms with van der Waals surface area (Å²) in [5.74, 6) is -0.542. The molecule has 43 heavy (non-hydrogen) atoms. The van der Waals surface area contributed by atoms with Crippen LogP contribution in [0.3, 0.4) is 0 Å². The Kier molecular flexibility index (Phi) is 10.3. The molecular formula is C34H26N4O4Pt. The van der Waals surface area contributed by atoms with Crippen LogP contribution >= 0.6 is 0 Å². The molecule has 216 valence electrons. The Labute approximate surface area is 262 Å². The molecule has 0 aliphatic heterocycles. The Morgan fingerprint density at radius 1 is 0.535 bits per heavy atom. The molecule has 0 saturated heterocycles. The first-order valence-electron chi connectivity index (χ1n) is 13.0. The number of carbonyl (C=O) groups is 2. The van der Waals surface area contributed by atoms with Crippen LogP contribution in [0.2, 0.25) is 0 Å². The van der Waals surface area contributed by atoms with Gasteiger partial charge in [0.25, 0.3) is 11.8 Å². The van der Waals surface area contributed by atoms with Gasteiger partial charge in [-0.2, -0.15) is 0 Å². The molecule has 0 aromatic heterocycles. The van der Waals surface area contributed by atoms with Crippen LogP contribution in [-0.4, -0.2) is 34.5 Å². The maximum absolute atomic E-state index is 12.5. The van der Waals surface area contributed by atoms with Crippen LogP contribution in [-0.2, 0) is 21.1 Å². The summed E-state index contributed by atoms with van der Waals surface area (Å²) >= 11 is 0. The van der Waals surface area contributed by atoms with E-state index in [1.165, 1.54) is 24.6 Å². The second-order valence-electron chi connectivity index (χ2n) is 9.19. The van der Waals surface area contributed by atoms with Crippen molar-refractivity contribution in [1.29, 1.82) is 0 Å². The molecule has 0 aliphatic carbocycles. The molecule has 5 aromatic rings. The van der Waals surface area contributed by atoms with Gasteiger partial charge in [0.05, 0.1) is 11.4 Å². The topological polar surface area (TPSA) is 123 Å². The number of nitrogens with zero attached hydrogens (tertiary/aromatic N) is 2. The number of phenolic OH excluding ortho intramolecular Hbond substituents is 2. The van der Waals surface area contributed by atoms with E-state index in [0.29, 0.717) is 45.0 Å². The molecule has 4 N–H and O–H groups in total. The van der Waals surface area contributed by atoms with Gasteiger partial charge in [0.15, 0.2) is 0 Å². The van der Waals surface area contributed by atoms with Crippen LogP contribution in [0.5, 0.6) is 11.5 Å². The third-order valence-electron chi connectivity index (χ3n) is 6.21. The molecule has 5 rings (SSSR count). The van der Waals surface area contributed by atoms with E-state index in [2.05, 4.69) is 20.6 Å². The maximum atomic E-state index is 12.5. The fourth-order valence-corrected chi connectivity index (χ4v) is 4.02. The van der Waals surface area contributed by atoms with Crippen LogP contribution in [0, 0.1) is 0 Å². The number of aliphatic imine (C=N–C) groups is 2. The molecule has 0 aliphatic rings. The van der Waals surface area contributed by atoms with Crippen molar-refractivity contribution in [1.82, 2.24) is 0 Å². The summed E-state index contributed by atoms with van der Waals surface area (Å²) in [7, 11) is 0. The van der Waals surface area contributed by atoms with Crippen molar-refractivity contribution < 1.29 is 40.9 Å². The van der Waals surface area contributed by atoms with Gasteiger partial charge in [-0.15, -0.1) is 0 Å². The molecule has 0 radical (unpaired) electrons. The monoisotopic (exact) mass is 749 g/mol. The number of amides is 2. The molecule has 0 saturated carbocycles. The predicted octanol–water partition coefficient (Wildman–Crippen LogP) is 7.10. The molecule has 0 spiro atoms. The zero-order chi connectivity index (χ0) is 29.3. The van der Waals surface area contributed by atoms with Crippen molar-refractivity contribution in [3.8, 4) is 11.5 Å². The fraction of sp³-hybridized carbons (Fsp3) is 0. The smallest absolute Gasteiger partial charge is 0.255 e. The van der Waals surface area contributed by atoms with Crippen molar-refractivity contribution in [2.24, 2.45) is 9.98 Å². The average molecular weight is 750 g/mol. The zero-order valence-corrected chi connectivity index (χ0v) is 24.9. The van der Waals surface area contributed by atoms with Crippen molar-refractivity contribution in [3.63, 3.8) is 0 Å². The van der Waals surface area contributed by atoms with Gasteiger partial charge in [0.2, 0.25) is 0 Å². The first kappa shape index (κ1) is 30.6. The second kappa shape index (κ2) is 14.5. The van der Waals surface area contributed by atoms with Crippen LogP contribution < -0.4 is 10.6 Å². The quantitative estimate of drug-likeness (QED) is 0.0999. The molecule has 8 nitrogen and oxygen atoms in total. The number of carbonyl (C=O) groups excluding carboxylic acids is 2. The number of hydrogen-bond donors (Lipinski definition) is 4. The zero-order valence-electron chi connectivity index (χ0n) is 22.6. The molecule has 5 aromatic carbocycles. The fourth-order valence-electron chi connectivity index (χ4n) is 4.02. The molecule has 0 atom stereocenters. The number of hydrogen-bond acceptors (Lipinski definition) is 6. The average Bonchev–Trinajstić information content (AvgIpc) is 3.02. The molecule has 0 fully saturated rings. The Hall–Kier alpha value is -5.33. The van der Waals surface area contributed by atoms with E-state index in [9.17, 15) is 19.8 Å². The predicted molar refractivity (Wildman–Crippen MR) is 166 cm³/mol. The summed E-state index contributed by atoms with van der Waals surface area (Å²) < 4.78 is 0. The number of phenols is 2. The summed E-state index contributed by atoms with van der Waals surface area (Å²) in [6.45, 7) is 0. The number of aromatic hydroxyl groups is 2. The molecule has 0 heterocycles. The summed E-state index contributed by atoms with van der Waals surface area (Å²) in [5, 5.41) is 26.4. The van der Waals surface area contributed by atoms with Gasteiger partial charge in [-0.1, -0.05) is 48.5 Å². The third kappa shape index (κ3) is 8.12. The van der Waals surface area contributed by atoms with E-state index in [1.54, 1.807) is 97.1 Å². The molecular weight excluding hydrogens is 723 g/mol. The summed E-state index contributed by atoms with van der Waals surface area (Å²) in [4.78, 5) is 34.1. The Morgan fingerprint density at radius 3 is 1.30 bits per heavy atom. The standard InChI is InChI=1S/C34H26N4O4.Pt/c39-31-17-15-27(37-33(41)23-9-3-1-4-10-23)19-25(31)21-35-29-13-7-8-14-30(29)36-22-26-20-28(16-18-32(26)40)38-34(42)24-11-5-2-6-12-24;/h1-22,39-40H,(H,37,41)(H,38,42);. The number of anilines is 2. The van der Waals surface area contributed by atoms with Crippen molar-refractivity contribution in [2.45, 2.75) is 0 Å². The Bertz CT molecular complexity index is 1660. The SMILES string of the molecule is O=C(Nc1ccc(O)c(C=Nc2ccccc2N=Cc2cc(NC(=O)c3ccccc3)ccc2O)c1)c1ccccc1.[Pt]. The van der Waals surface area contributed by atoms with Crippen molar-refractivity contribution >= 4 is 47.0 Å². The van der Waals surface area contributed by atoms with E-state index in [-0.39, 0.29) is 44.4 Å². The summed E-state index contributed by atoms with van der Waals surface area (Å²) in [6.07, 6.45) is 2.97. The van der Waals surface area contributed by atoms with Gasteiger partial charge in [-0.05, 0) is 72.8 Å². The van der Waals surface area contributed by atoms with Gasteiger partial charge < -0.3 is 20.8 Å². The molecule has 2 amide bonds. The first-order chi connectivity index (χ1) is 20.5. The second-order valence-corrected chi connectivity index (χ2v) is 9.19. The van der Waals surface area contributed by atoms with Crippen LogP contribution in [0.25, 0.3) is 0 Å². The number of para-hydroxylation sites is 2. The maximum Gasteiger partial charge on any atom is 0.255 e. The van der Waals surface area contributed by atoms with E-state index in [1.807, 2.05) is 12.1 Å². The normalized spacial score (nSPS) is 10.8. The van der Waals surface area contributed by atoms with Crippen molar-refractivity contribution in [3.05, 3.63) is 144 Å². The third-order valence-corrected chi connectivity index (χ3v) is 6.21. The van der Waals surface area contributed by atoms with Crippen LogP contribution in [0.4, 0.5) is 22.7 Å². The number of rotatable bonds is 8. The molecule has 0 unspecified atom stereocenters. The number of benzene rings is 5. The summed E-state index contributed by atoms with van der Waals surface area (Å²) in [5.41, 5.74) is 3.87. The Morgan fingerprint density at radius 2 is 0.907 bits per heavy atom. The van der Waals surface area contributed by atoms with E-state index in [4.69, 9.17) is 0 Å². The Balaban J connectivity index is 0.00000423. The molecule has 9 heteroatoms. The van der Waals surface area contributed by atoms with E-state index in [0.717, 1.165) is 0 Å². The van der Waals surface area contributed by atoms with Gasteiger partial charge in [0.1, 0.15) is 11.5 Å². The van der Waals surface area contributed by atoms with Gasteiger partial charge in [-0.25, -0.2) is 0 Å². The van der Waals surface area contributed by atoms with Gasteiger partial charge in [-0.3, -0.25) is 19.6 Å². The minimum Gasteiger partial charge on any atom is -0.507 e.